The van der Waals surface area contributed by atoms with Crippen LogP contribution in [0.4, 0.5) is 0 Å². The van der Waals surface area contributed by atoms with Gasteiger partial charge in [0, 0.05) is 6.92 Å². The topological polar surface area (TPSA) is 280 Å². The highest BCUT2D eigenvalue weighted by Gasteiger charge is 2.53. The van der Waals surface area contributed by atoms with Crippen molar-refractivity contribution in [2.24, 2.45) is 0 Å². The Hall–Kier alpha value is -3.49. The highest BCUT2D eigenvalue weighted by molar-refractivity contribution is 7.61. The van der Waals surface area contributed by atoms with Gasteiger partial charge in [-0.15, -0.1) is 0 Å². The second kappa shape index (κ2) is 44.2. The van der Waals surface area contributed by atoms with Crippen LogP contribution in [0.1, 0.15) is 218 Å². The molecule has 0 spiro atoms. The van der Waals surface area contributed by atoms with Crippen LogP contribution >= 0.6 is 15.6 Å². The van der Waals surface area contributed by atoms with Crippen LogP contribution in [0.15, 0.2) is 128 Å². The number of nitrogens with one attached hydrogen (secondary N) is 1. The minimum atomic E-state index is -5.64. The third-order valence-electron chi connectivity index (χ3n) is 15.9. The number of aliphatic hydroxyl groups is 6. The summed E-state index contributed by atoms with van der Waals surface area (Å²) in [5.41, 5.74) is 15.1. The van der Waals surface area contributed by atoms with Gasteiger partial charge < -0.3 is 60.0 Å². The summed E-state index contributed by atoms with van der Waals surface area (Å²) in [7, 11) is -10.9. The molecule has 2 saturated heterocycles. The van der Waals surface area contributed by atoms with E-state index < -0.39 is 103 Å². The first-order chi connectivity index (χ1) is 42.0. The van der Waals surface area contributed by atoms with Crippen LogP contribution in [0.3, 0.4) is 0 Å². The van der Waals surface area contributed by atoms with Gasteiger partial charge in [0.2, 0.25) is 5.91 Å². The first kappa shape index (κ1) is 81.6. The molecule has 0 aliphatic carbocycles. The number of rotatable bonds is 42. The third kappa shape index (κ3) is 35.9. The first-order valence-corrected chi connectivity index (χ1v) is 35.0. The van der Waals surface area contributed by atoms with Crippen LogP contribution in [-0.2, 0) is 41.5 Å². The summed E-state index contributed by atoms with van der Waals surface area (Å²) < 4.78 is 56.8. The molecule has 89 heavy (non-hydrogen) atoms. The van der Waals surface area contributed by atoms with E-state index in [4.69, 9.17) is 23.3 Å². The number of carbonyl (C=O) groups is 1. The van der Waals surface area contributed by atoms with Gasteiger partial charge >= 0.3 is 15.6 Å². The predicted molar refractivity (Wildman–Crippen MR) is 355 cm³/mol. The van der Waals surface area contributed by atoms with E-state index in [2.05, 4.69) is 147 Å². The fraction of sp³-hybridized carbons (Fsp3) is 0.667. The number of amides is 1. The van der Waals surface area contributed by atoms with Crippen LogP contribution in [0.2, 0.25) is 0 Å². The Balaban J connectivity index is 1.70. The average molecular weight is 1290 g/mol. The van der Waals surface area contributed by atoms with Gasteiger partial charge in [-0.3, -0.25) is 13.8 Å². The summed E-state index contributed by atoms with van der Waals surface area (Å²) >= 11 is 0. The number of carbonyl (C=O) groups excluding carboxylic acids is 1. The molecule has 20 heteroatoms. The van der Waals surface area contributed by atoms with Crippen LogP contribution in [-0.4, -0.2) is 128 Å². The zero-order valence-electron chi connectivity index (χ0n) is 56.0. The van der Waals surface area contributed by atoms with Crippen molar-refractivity contribution < 1.29 is 81.9 Å². The van der Waals surface area contributed by atoms with E-state index >= 15 is 0 Å². The molecule has 0 bridgehead atoms. The molecule has 18 nitrogen and oxygen atoms in total. The van der Waals surface area contributed by atoms with Gasteiger partial charge in [0.1, 0.15) is 48.8 Å². The lowest BCUT2D eigenvalue weighted by Crippen LogP contribution is -2.68. The Morgan fingerprint density at radius 2 is 0.719 bits per heavy atom. The van der Waals surface area contributed by atoms with Crippen molar-refractivity contribution in [3.63, 3.8) is 0 Å². The molecular weight excluding hydrogens is 1180 g/mol. The summed E-state index contributed by atoms with van der Waals surface area (Å²) in [6, 6.07) is -1.76. The average Bonchev–Trinajstić information content (AvgIpc) is 1.01. The molecule has 0 saturated carbocycles. The maximum absolute atomic E-state index is 13.1. The molecule has 2 heterocycles. The van der Waals surface area contributed by atoms with Crippen LogP contribution < -0.4 is 5.32 Å². The van der Waals surface area contributed by atoms with E-state index in [1.54, 1.807) is 6.92 Å². The molecule has 0 aromatic heterocycles. The van der Waals surface area contributed by atoms with E-state index in [9.17, 15) is 54.4 Å². The van der Waals surface area contributed by atoms with Crippen molar-refractivity contribution >= 4 is 21.6 Å². The fourth-order valence-corrected chi connectivity index (χ4v) is 12.2. The predicted octanol–water partition coefficient (Wildman–Crippen LogP) is 14.2. The highest BCUT2D eigenvalue weighted by atomic mass is 31.3. The Morgan fingerprint density at radius 1 is 0.416 bits per heavy atom. The Kier molecular flexibility index (Phi) is 40.5. The number of aliphatic hydroxyl groups excluding tert-OH is 6. The van der Waals surface area contributed by atoms with Crippen LogP contribution in [0, 0.1) is 0 Å². The second-order valence-corrected chi connectivity index (χ2v) is 27.8. The van der Waals surface area contributed by atoms with Gasteiger partial charge in [0.15, 0.2) is 12.6 Å². The first-order valence-electron chi connectivity index (χ1n) is 32.0. The summed E-state index contributed by atoms with van der Waals surface area (Å²) in [4.78, 5) is 33.2. The number of ether oxygens (including phenoxy) is 3. The standard InChI is InChI=1S/C69H115NO17P2/c1-48(2)24-14-25-49(3)26-15-27-50(4)28-16-29-51(5)30-17-31-52(6)32-18-33-53(7)34-19-35-54(8)36-20-37-55(9)38-21-39-56(10)40-22-41-57(11)42-23-43-58(12)44-45-82-88(78,79)87-89(80,81)86-68-62(70-59(13)73)67(64(75)61(47-72)83-68)85-69-66(77)65(76)63(74)60(46-71)84-69/h24,26,28,30,32,34,36,38,40,42,44,60-69,71-72,74-77H,14-23,25,27,29,31,33,35,37,39,41,43,45-47H2,1-13H3,(H,70,73)(H,78,79)(H,80,81)/b49-26+,50-28+,51-30-,52-32-,53-34-,54-36-,55-38-,56-40-,57-42-,58-44-/t60-,61-,62-,63-,64+,65+,66+,67-,68-,69-/m1/s1. The fourth-order valence-electron chi connectivity index (χ4n) is 10.1. The minimum Gasteiger partial charge on any atom is -0.394 e. The lowest BCUT2D eigenvalue weighted by Gasteiger charge is -2.47. The largest absolute Gasteiger partial charge is 0.483 e. The molecule has 9 N–H and O–H groups in total. The van der Waals surface area contributed by atoms with Crippen molar-refractivity contribution in [1.82, 2.24) is 5.32 Å². The normalized spacial score (nSPS) is 25.7. The van der Waals surface area contributed by atoms with Gasteiger partial charge in [-0.25, -0.2) is 9.13 Å². The highest BCUT2D eigenvalue weighted by Crippen LogP contribution is 2.61. The molecule has 2 fully saturated rings. The van der Waals surface area contributed by atoms with Gasteiger partial charge in [0.25, 0.3) is 0 Å². The van der Waals surface area contributed by atoms with E-state index in [1.165, 1.54) is 61.8 Å². The Morgan fingerprint density at radius 3 is 1.03 bits per heavy atom. The lowest BCUT2D eigenvalue weighted by atomic mass is 9.95. The molecule has 0 aromatic rings. The minimum absolute atomic E-state index is 0.480. The lowest BCUT2D eigenvalue weighted by molar-refractivity contribution is -0.340. The van der Waals surface area contributed by atoms with Gasteiger partial charge in [-0.2, -0.15) is 4.31 Å². The Bertz CT molecular complexity index is 2590. The number of hydrogen-bond acceptors (Lipinski definition) is 15. The number of allylic oxidation sites excluding steroid dienone is 21. The molecule has 0 aromatic carbocycles. The molecule has 2 aliphatic heterocycles. The van der Waals surface area contributed by atoms with Crippen molar-refractivity contribution in [3.8, 4) is 0 Å². The molecule has 2 aliphatic rings. The molecule has 2 unspecified atom stereocenters. The SMILES string of the molecule is CC(=O)N[C@H]1[C@@H](OP(=O)(O)OP(=O)(O)OC/C=C(/C)CC/C=C(/C)CC/C=C(/C)CC/C=C(/C)CC/C=C(/C)CC/C=C(/C)CC/C=C(/C)CC/C=C(/C)CC/C=C(\C)CC/C=C(\C)CCC=C(C)C)O[C@H](CO)[C@H](O)[C@@H]1O[C@H]1O[C@H](CO)[C@@H](O)[C@H](O)[C@@H]1O. The number of phosphoric acid groups is 2. The van der Waals surface area contributed by atoms with Crippen molar-refractivity contribution in [1.29, 1.82) is 0 Å². The van der Waals surface area contributed by atoms with E-state index in [0.29, 0.717) is 12.8 Å². The van der Waals surface area contributed by atoms with E-state index in [-0.39, 0.29) is 0 Å². The summed E-state index contributed by atoms with van der Waals surface area (Å²) in [5.74, 6) is -0.820. The van der Waals surface area contributed by atoms with Crippen molar-refractivity contribution in [2.45, 2.75) is 280 Å². The van der Waals surface area contributed by atoms with Crippen molar-refractivity contribution in [3.05, 3.63) is 128 Å². The maximum Gasteiger partial charge on any atom is 0.483 e. The van der Waals surface area contributed by atoms with Gasteiger partial charge in [-0.1, -0.05) is 128 Å². The summed E-state index contributed by atoms with van der Waals surface area (Å²) in [6.07, 6.45) is 29.6. The molecule has 2 rings (SSSR count). The molecule has 508 valence electrons. The number of hydrogen-bond donors (Lipinski definition) is 9. The van der Waals surface area contributed by atoms with Crippen LogP contribution in [0.5, 0.6) is 0 Å². The van der Waals surface area contributed by atoms with Crippen molar-refractivity contribution in [2.75, 3.05) is 19.8 Å². The zero-order valence-corrected chi connectivity index (χ0v) is 57.8. The monoisotopic (exact) mass is 1290 g/mol. The molecule has 12 atom stereocenters. The van der Waals surface area contributed by atoms with Gasteiger partial charge in [-0.05, 0) is 212 Å². The van der Waals surface area contributed by atoms with E-state index in [0.717, 1.165) is 128 Å². The summed E-state index contributed by atoms with van der Waals surface area (Å²) in [5, 5.41) is 63.7. The molecule has 0 radical (unpaired) electrons. The summed E-state index contributed by atoms with van der Waals surface area (Å²) in [6.45, 7) is 25.0. The zero-order chi connectivity index (χ0) is 66.7. The van der Waals surface area contributed by atoms with Crippen LogP contribution in [0.25, 0.3) is 0 Å². The van der Waals surface area contributed by atoms with Gasteiger partial charge in [0.05, 0.1) is 19.8 Å². The third-order valence-corrected chi connectivity index (χ3v) is 18.5. The molecule has 1 amide bonds. The quantitative estimate of drug-likeness (QED) is 0.0203. The number of phosphoric ester groups is 2. The molecular formula is C69H115NO17P2. The smallest absolute Gasteiger partial charge is 0.394 e. The second-order valence-electron chi connectivity index (χ2n) is 24.8. The maximum atomic E-state index is 13.1. The van der Waals surface area contributed by atoms with E-state index in [1.807, 2.05) is 0 Å². The Labute approximate surface area is 534 Å².